The number of aryl methyl sites for hydroxylation is 1. The fourth-order valence-corrected chi connectivity index (χ4v) is 2.22. The van der Waals surface area contributed by atoms with E-state index in [1.807, 2.05) is 25.1 Å². The van der Waals surface area contributed by atoms with Crippen LogP contribution >= 0.6 is 0 Å². The number of fused-ring (bicyclic) bond motifs is 1. The van der Waals surface area contributed by atoms with E-state index in [1.165, 1.54) is 5.56 Å². The zero-order valence-corrected chi connectivity index (χ0v) is 10.3. The lowest BCUT2D eigenvalue weighted by molar-refractivity contribution is 0.242. The Morgan fingerprint density at radius 2 is 2.28 bits per heavy atom. The van der Waals surface area contributed by atoms with Crippen molar-refractivity contribution in [3.8, 4) is 17.1 Å². The maximum absolute atomic E-state index is 5.88. The molecule has 1 unspecified atom stereocenters. The third-order valence-corrected chi connectivity index (χ3v) is 3.13. The smallest absolute Gasteiger partial charge is 0.163 e. The minimum absolute atomic E-state index is 0.0750. The van der Waals surface area contributed by atoms with E-state index in [0.29, 0.717) is 12.4 Å². The van der Waals surface area contributed by atoms with Crippen molar-refractivity contribution in [3.63, 3.8) is 0 Å². The molecule has 0 saturated carbocycles. The second-order valence-corrected chi connectivity index (χ2v) is 4.50. The van der Waals surface area contributed by atoms with Crippen molar-refractivity contribution in [2.45, 2.75) is 19.4 Å². The van der Waals surface area contributed by atoms with Crippen LogP contribution in [-0.4, -0.2) is 22.6 Å². The van der Waals surface area contributed by atoms with Gasteiger partial charge in [0.05, 0.1) is 5.56 Å². The molecule has 0 saturated heterocycles. The van der Waals surface area contributed by atoms with Crippen molar-refractivity contribution >= 4 is 0 Å². The van der Waals surface area contributed by atoms with Gasteiger partial charge in [0.15, 0.2) is 5.82 Å². The van der Waals surface area contributed by atoms with Gasteiger partial charge in [-0.2, -0.15) is 0 Å². The molecule has 0 bridgehead atoms. The topological polar surface area (TPSA) is 61.0 Å². The van der Waals surface area contributed by atoms with E-state index in [-0.39, 0.29) is 6.10 Å². The zero-order chi connectivity index (χ0) is 12.5. The monoisotopic (exact) mass is 241 g/mol. The van der Waals surface area contributed by atoms with Crippen molar-refractivity contribution in [1.82, 2.24) is 9.97 Å². The summed E-state index contributed by atoms with van der Waals surface area (Å²) >= 11 is 0. The molecular formula is C14H15N3O. The molecule has 1 atom stereocenters. The lowest BCUT2D eigenvalue weighted by Crippen LogP contribution is -2.24. The molecule has 0 fully saturated rings. The van der Waals surface area contributed by atoms with Gasteiger partial charge in [-0.3, -0.25) is 0 Å². The van der Waals surface area contributed by atoms with Gasteiger partial charge in [-0.05, 0) is 24.6 Å². The number of hydrogen-bond donors (Lipinski definition) is 1. The summed E-state index contributed by atoms with van der Waals surface area (Å²) in [6, 6.07) is 7.97. The number of nitrogens with two attached hydrogens (primary N) is 1. The largest absolute Gasteiger partial charge is 0.488 e. The van der Waals surface area contributed by atoms with Crippen LogP contribution in [0.2, 0.25) is 0 Å². The number of rotatable bonds is 2. The minimum Gasteiger partial charge on any atom is -0.488 e. The minimum atomic E-state index is 0.0750. The van der Waals surface area contributed by atoms with Gasteiger partial charge in [-0.1, -0.05) is 12.1 Å². The maximum atomic E-state index is 5.88. The van der Waals surface area contributed by atoms with Gasteiger partial charge in [-0.15, -0.1) is 0 Å². The first-order chi connectivity index (χ1) is 8.78. The van der Waals surface area contributed by atoms with Gasteiger partial charge >= 0.3 is 0 Å². The Kier molecular flexibility index (Phi) is 2.72. The highest BCUT2D eigenvalue weighted by atomic mass is 16.5. The standard InChI is InChI=1S/C14H15N3O/c1-9-5-6-16-14(17-9)12-4-2-3-10-7-11(8-15)18-13(10)12/h2-6,11H,7-8,15H2,1H3. The molecule has 0 radical (unpaired) electrons. The van der Waals surface area contributed by atoms with Gasteiger partial charge in [0.2, 0.25) is 0 Å². The molecule has 0 aliphatic carbocycles. The molecule has 2 heterocycles. The number of aromatic nitrogens is 2. The van der Waals surface area contributed by atoms with Gasteiger partial charge in [-0.25, -0.2) is 9.97 Å². The first-order valence-electron chi connectivity index (χ1n) is 6.06. The SMILES string of the molecule is Cc1ccnc(-c2cccc3c2OC(CN)C3)n1. The molecule has 0 amide bonds. The van der Waals surface area contributed by atoms with E-state index < -0.39 is 0 Å². The van der Waals surface area contributed by atoms with Crippen molar-refractivity contribution in [2.75, 3.05) is 6.54 Å². The predicted octanol–water partition coefficient (Wildman–Crippen LogP) is 1.71. The number of hydrogen-bond acceptors (Lipinski definition) is 4. The lowest BCUT2D eigenvalue weighted by atomic mass is 10.1. The molecule has 0 spiro atoms. The summed E-state index contributed by atoms with van der Waals surface area (Å²) in [5, 5.41) is 0. The highest BCUT2D eigenvalue weighted by Gasteiger charge is 2.25. The van der Waals surface area contributed by atoms with Crippen LogP contribution in [0.5, 0.6) is 5.75 Å². The van der Waals surface area contributed by atoms with Crippen LogP contribution in [0.15, 0.2) is 30.5 Å². The van der Waals surface area contributed by atoms with Crippen molar-refractivity contribution in [1.29, 1.82) is 0 Å². The van der Waals surface area contributed by atoms with Crippen LogP contribution in [-0.2, 0) is 6.42 Å². The van der Waals surface area contributed by atoms with E-state index in [9.17, 15) is 0 Å². The van der Waals surface area contributed by atoms with Crippen molar-refractivity contribution in [3.05, 3.63) is 41.7 Å². The maximum Gasteiger partial charge on any atom is 0.163 e. The third kappa shape index (κ3) is 1.84. The molecule has 1 aromatic heterocycles. The third-order valence-electron chi connectivity index (χ3n) is 3.13. The van der Waals surface area contributed by atoms with Crippen LogP contribution in [0.25, 0.3) is 11.4 Å². The van der Waals surface area contributed by atoms with E-state index in [2.05, 4.69) is 16.0 Å². The number of benzene rings is 1. The first kappa shape index (κ1) is 11.2. The molecule has 18 heavy (non-hydrogen) atoms. The molecule has 3 rings (SSSR count). The fourth-order valence-electron chi connectivity index (χ4n) is 2.22. The molecule has 4 nitrogen and oxygen atoms in total. The average molecular weight is 241 g/mol. The van der Waals surface area contributed by atoms with Crippen LogP contribution in [0.4, 0.5) is 0 Å². The molecular weight excluding hydrogens is 226 g/mol. The van der Waals surface area contributed by atoms with Gasteiger partial charge in [0, 0.05) is 24.9 Å². The Morgan fingerprint density at radius 1 is 1.39 bits per heavy atom. The van der Waals surface area contributed by atoms with E-state index in [0.717, 1.165) is 23.4 Å². The Balaban J connectivity index is 2.08. The van der Waals surface area contributed by atoms with Crippen molar-refractivity contribution < 1.29 is 4.74 Å². The van der Waals surface area contributed by atoms with E-state index >= 15 is 0 Å². The molecule has 1 aliphatic heterocycles. The summed E-state index contributed by atoms with van der Waals surface area (Å²) in [4.78, 5) is 8.77. The summed E-state index contributed by atoms with van der Waals surface area (Å²) in [6.07, 6.45) is 2.71. The summed E-state index contributed by atoms with van der Waals surface area (Å²) in [5.41, 5.74) is 8.76. The summed E-state index contributed by atoms with van der Waals surface area (Å²) in [7, 11) is 0. The van der Waals surface area contributed by atoms with Gasteiger partial charge in [0.1, 0.15) is 11.9 Å². The Morgan fingerprint density at radius 3 is 3.06 bits per heavy atom. The molecule has 1 aromatic carbocycles. The van der Waals surface area contributed by atoms with Crippen LogP contribution in [0, 0.1) is 6.92 Å². The molecule has 4 heteroatoms. The van der Waals surface area contributed by atoms with Crippen LogP contribution < -0.4 is 10.5 Å². The van der Waals surface area contributed by atoms with E-state index in [1.54, 1.807) is 6.20 Å². The fraction of sp³-hybridized carbons (Fsp3) is 0.286. The Bertz CT molecular complexity index is 583. The van der Waals surface area contributed by atoms with Gasteiger partial charge in [0.25, 0.3) is 0 Å². The number of nitrogens with zero attached hydrogens (tertiary/aromatic N) is 2. The molecule has 2 aromatic rings. The highest BCUT2D eigenvalue weighted by Crippen LogP contribution is 2.37. The summed E-state index contributed by atoms with van der Waals surface area (Å²) in [5.74, 6) is 1.60. The van der Waals surface area contributed by atoms with Crippen LogP contribution in [0.3, 0.4) is 0 Å². The highest BCUT2D eigenvalue weighted by molar-refractivity contribution is 5.67. The Labute approximate surface area is 106 Å². The van der Waals surface area contributed by atoms with Crippen LogP contribution in [0.1, 0.15) is 11.3 Å². The first-order valence-corrected chi connectivity index (χ1v) is 6.06. The van der Waals surface area contributed by atoms with Crippen molar-refractivity contribution in [2.24, 2.45) is 5.73 Å². The van der Waals surface area contributed by atoms with E-state index in [4.69, 9.17) is 10.5 Å². The summed E-state index contributed by atoms with van der Waals surface area (Å²) in [6.45, 7) is 2.49. The second-order valence-electron chi connectivity index (χ2n) is 4.50. The number of ether oxygens (including phenoxy) is 1. The molecule has 2 N–H and O–H groups in total. The van der Waals surface area contributed by atoms with Gasteiger partial charge < -0.3 is 10.5 Å². The normalized spacial score (nSPS) is 17.3. The lowest BCUT2D eigenvalue weighted by Gasteiger charge is -2.09. The second kappa shape index (κ2) is 4.38. The zero-order valence-electron chi connectivity index (χ0n) is 10.3. The number of para-hydroxylation sites is 1. The average Bonchev–Trinajstić information content (AvgIpc) is 2.81. The predicted molar refractivity (Wildman–Crippen MR) is 69.4 cm³/mol. The summed E-state index contributed by atoms with van der Waals surface area (Å²) < 4.78 is 5.88. The quantitative estimate of drug-likeness (QED) is 0.869. The molecule has 1 aliphatic rings. The molecule has 92 valence electrons. The Hall–Kier alpha value is -1.94.